The van der Waals surface area contributed by atoms with Crippen LogP contribution in [0.25, 0.3) is 0 Å². The molecule has 0 aromatic carbocycles. The van der Waals surface area contributed by atoms with Gasteiger partial charge in [-0.2, -0.15) is 5.10 Å². The highest BCUT2D eigenvalue weighted by atomic mass is 79.9. The average molecular weight is 456 g/mol. The Labute approximate surface area is 168 Å². The minimum atomic E-state index is -0.485. The van der Waals surface area contributed by atoms with Gasteiger partial charge in [0.15, 0.2) is 10.8 Å². The first-order valence-electron chi connectivity index (χ1n) is 8.02. The molecule has 1 atom stereocenters. The molecule has 138 valence electrons. The molecule has 3 rings (SSSR count). The van der Waals surface area contributed by atoms with Crippen LogP contribution in [0.15, 0.2) is 10.7 Å². The standard InChI is InChI=1S/C16H18BrN5O2S2/c1-7-3-4-8-10(5-7)26-15(11(8)13(18)23)20-16(25)19-14(24)12-9(17)6-22(2)21-12/h6-7H,3-5H2,1-2H3,(H2,18,23)(H2,19,20,24,25). The number of nitrogens with one attached hydrogen (secondary N) is 2. The van der Waals surface area contributed by atoms with Crippen molar-refractivity contribution in [2.45, 2.75) is 26.2 Å². The summed E-state index contributed by atoms with van der Waals surface area (Å²) in [5.41, 5.74) is 7.30. The maximum atomic E-state index is 12.3. The second kappa shape index (κ2) is 7.45. The van der Waals surface area contributed by atoms with Gasteiger partial charge in [0.2, 0.25) is 0 Å². The maximum Gasteiger partial charge on any atom is 0.279 e. The maximum absolute atomic E-state index is 12.3. The Morgan fingerprint density at radius 2 is 2.23 bits per heavy atom. The normalized spacial score (nSPS) is 16.0. The first-order chi connectivity index (χ1) is 12.3. The smallest absolute Gasteiger partial charge is 0.279 e. The fraction of sp³-hybridized carbons (Fsp3) is 0.375. The van der Waals surface area contributed by atoms with Gasteiger partial charge in [0.1, 0.15) is 5.00 Å². The number of fused-ring (bicyclic) bond motifs is 1. The summed E-state index contributed by atoms with van der Waals surface area (Å²) in [6, 6.07) is 0. The quantitative estimate of drug-likeness (QED) is 0.617. The molecule has 10 heteroatoms. The Kier molecular flexibility index (Phi) is 5.44. The molecule has 0 bridgehead atoms. The van der Waals surface area contributed by atoms with E-state index in [0.29, 0.717) is 21.0 Å². The van der Waals surface area contributed by atoms with Gasteiger partial charge in [0.25, 0.3) is 11.8 Å². The number of nitrogens with two attached hydrogens (primary N) is 1. The highest BCUT2D eigenvalue weighted by Gasteiger charge is 2.27. The largest absolute Gasteiger partial charge is 0.365 e. The summed E-state index contributed by atoms with van der Waals surface area (Å²) in [4.78, 5) is 25.4. The minimum absolute atomic E-state index is 0.0988. The van der Waals surface area contributed by atoms with Gasteiger partial charge < -0.3 is 11.1 Å². The summed E-state index contributed by atoms with van der Waals surface area (Å²) in [5.74, 6) is -0.352. The third-order valence-corrected chi connectivity index (χ3v) is 6.17. The second-order valence-corrected chi connectivity index (χ2v) is 8.70. The number of thiophene rings is 1. The van der Waals surface area contributed by atoms with E-state index in [9.17, 15) is 9.59 Å². The molecule has 0 saturated carbocycles. The molecule has 4 N–H and O–H groups in total. The zero-order valence-electron chi connectivity index (χ0n) is 14.3. The molecule has 1 unspecified atom stereocenters. The molecule has 26 heavy (non-hydrogen) atoms. The molecule has 0 spiro atoms. The highest BCUT2D eigenvalue weighted by Crippen LogP contribution is 2.39. The van der Waals surface area contributed by atoms with Crippen LogP contribution in [0.3, 0.4) is 0 Å². The summed E-state index contributed by atoms with van der Waals surface area (Å²) in [7, 11) is 1.72. The SMILES string of the molecule is CC1CCc2c(sc(NC(=S)NC(=O)c3nn(C)cc3Br)c2C(N)=O)C1. The zero-order chi connectivity index (χ0) is 19.0. The number of aromatic nitrogens is 2. The summed E-state index contributed by atoms with van der Waals surface area (Å²) in [6.45, 7) is 2.19. The van der Waals surface area contributed by atoms with E-state index in [1.807, 2.05) is 0 Å². The van der Waals surface area contributed by atoms with Crippen LogP contribution in [-0.2, 0) is 19.9 Å². The Morgan fingerprint density at radius 3 is 2.85 bits per heavy atom. The van der Waals surface area contributed by atoms with E-state index in [1.54, 1.807) is 13.2 Å². The number of nitrogens with zero attached hydrogens (tertiary/aromatic N) is 2. The van der Waals surface area contributed by atoms with Crippen molar-refractivity contribution in [1.29, 1.82) is 0 Å². The van der Waals surface area contributed by atoms with Crippen LogP contribution in [0.1, 0.15) is 44.6 Å². The fourth-order valence-corrected chi connectivity index (χ4v) is 5.25. The lowest BCUT2D eigenvalue weighted by atomic mass is 9.88. The van der Waals surface area contributed by atoms with Gasteiger partial charge in [0.05, 0.1) is 10.0 Å². The minimum Gasteiger partial charge on any atom is -0.365 e. The third-order valence-electron chi connectivity index (χ3n) is 4.21. The van der Waals surface area contributed by atoms with Crippen molar-refractivity contribution < 1.29 is 9.59 Å². The van der Waals surface area contributed by atoms with E-state index in [2.05, 4.69) is 38.6 Å². The molecule has 0 radical (unpaired) electrons. The van der Waals surface area contributed by atoms with E-state index < -0.39 is 11.8 Å². The summed E-state index contributed by atoms with van der Waals surface area (Å²) in [6.07, 6.45) is 4.44. The molecular weight excluding hydrogens is 438 g/mol. The van der Waals surface area contributed by atoms with Crippen molar-refractivity contribution in [3.8, 4) is 0 Å². The molecule has 0 aliphatic heterocycles. The molecule has 2 heterocycles. The Balaban J connectivity index is 1.78. The van der Waals surface area contributed by atoms with E-state index in [4.69, 9.17) is 18.0 Å². The Morgan fingerprint density at radius 1 is 1.50 bits per heavy atom. The lowest BCUT2D eigenvalue weighted by molar-refractivity contribution is 0.0969. The van der Waals surface area contributed by atoms with E-state index in [-0.39, 0.29) is 10.8 Å². The number of hydrogen-bond donors (Lipinski definition) is 3. The number of carbonyl (C=O) groups is 2. The molecule has 1 aliphatic carbocycles. The number of halogens is 1. The molecule has 0 fully saturated rings. The summed E-state index contributed by atoms with van der Waals surface area (Å²) in [5, 5.41) is 10.3. The molecule has 1 aliphatic rings. The number of anilines is 1. The van der Waals surface area contributed by atoms with Gasteiger partial charge in [-0.25, -0.2) is 0 Å². The van der Waals surface area contributed by atoms with Crippen molar-refractivity contribution in [3.05, 3.63) is 32.4 Å². The molecule has 2 aromatic rings. The number of thiocarbonyl (C=S) groups is 1. The van der Waals surface area contributed by atoms with Gasteiger partial charge in [-0.3, -0.25) is 19.6 Å². The van der Waals surface area contributed by atoms with Crippen LogP contribution in [0.4, 0.5) is 5.00 Å². The van der Waals surface area contributed by atoms with Gasteiger partial charge in [-0.15, -0.1) is 11.3 Å². The molecule has 0 saturated heterocycles. The van der Waals surface area contributed by atoms with Crippen LogP contribution < -0.4 is 16.4 Å². The van der Waals surface area contributed by atoms with E-state index in [1.165, 1.54) is 16.0 Å². The van der Waals surface area contributed by atoms with Gasteiger partial charge in [0, 0.05) is 18.1 Å². The van der Waals surface area contributed by atoms with Crippen LogP contribution in [-0.4, -0.2) is 26.7 Å². The number of rotatable bonds is 3. The molecule has 2 aromatic heterocycles. The van der Waals surface area contributed by atoms with Gasteiger partial charge >= 0.3 is 0 Å². The van der Waals surface area contributed by atoms with Gasteiger partial charge in [-0.1, -0.05) is 6.92 Å². The predicted octanol–water partition coefficient (Wildman–Crippen LogP) is 2.59. The van der Waals surface area contributed by atoms with Crippen molar-refractivity contribution in [3.63, 3.8) is 0 Å². The molecule has 2 amide bonds. The summed E-state index contributed by atoms with van der Waals surface area (Å²) < 4.78 is 2.09. The first kappa shape index (κ1) is 19.0. The Bertz CT molecular complexity index is 905. The van der Waals surface area contributed by atoms with Crippen LogP contribution in [0, 0.1) is 5.92 Å². The van der Waals surface area contributed by atoms with Crippen molar-refractivity contribution in [1.82, 2.24) is 15.1 Å². The van der Waals surface area contributed by atoms with Crippen LogP contribution in [0.5, 0.6) is 0 Å². The molecule has 7 nitrogen and oxygen atoms in total. The van der Waals surface area contributed by atoms with Gasteiger partial charge in [-0.05, 0) is 58.9 Å². The van der Waals surface area contributed by atoms with Crippen LogP contribution >= 0.6 is 39.5 Å². The van der Waals surface area contributed by atoms with Crippen LogP contribution in [0.2, 0.25) is 0 Å². The van der Waals surface area contributed by atoms with E-state index >= 15 is 0 Å². The zero-order valence-corrected chi connectivity index (χ0v) is 17.5. The third kappa shape index (κ3) is 3.81. The average Bonchev–Trinajstić information content (AvgIpc) is 3.05. The summed E-state index contributed by atoms with van der Waals surface area (Å²) >= 11 is 9.99. The monoisotopic (exact) mass is 455 g/mol. The Hall–Kier alpha value is -1.78. The van der Waals surface area contributed by atoms with Crippen molar-refractivity contribution in [2.24, 2.45) is 18.7 Å². The number of hydrogen-bond acceptors (Lipinski definition) is 5. The lowest BCUT2D eigenvalue weighted by Crippen LogP contribution is -2.35. The van der Waals surface area contributed by atoms with Crippen molar-refractivity contribution in [2.75, 3.05) is 5.32 Å². The number of carbonyl (C=O) groups excluding carboxylic acids is 2. The fourth-order valence-electron chi connectivity index (χ4n) is 3.01. The van der Waals surface area contributed by atoms with Crippen molar-refractivity contribution >= 4 is 61.4 Å². The first-order valence-corrected chi connectivity index (χ1v) is 10.0. The topological polar surface area (TPSA) is 102 Å². The highest BCUT2D eigenvalue weighted by molar-refractivity contribution is 9.10. The molecular formula is C16H18BrN5O2S2. The number of aryl methyl sites for hydroxylation is 1. The second-order valence-electron chi connectivity index (χ2n) is 6.33. The number of primary amides is 1. The lowest BCUT2D eigenvalue weighted by Gasteiger charge is -2.18. The predicted molar refractivity (Wildman–Crippen MR) is 109 cm³/mol. The number of amides is 2. The van der Waals surface area contributed by atoms with E-state index in [0.717, 1.165) is 29.7 Å².